The van der Waals surface area contributed by atoms with Crippen molar-refractivity contribution in [1.82, 2.24) is 5.32 Å². The fourth-order valence-electron chi connectivity index (χ4n) is 2.44. The van der Waals surface area contributed by atoms with Crippen LogP contribution in [0.2, 0.25) is 0 Å². The second-order valence-electron chi connectivity index (χ2n) is 5.46. The van der Waals surface area contributed by atoms with E-state index in [1.165, 1.54) is 0 Å². The number of ether oxygens (including phenoxy) is 2. The first-order chi connectivity index (χ1) is 11.2. The molecule has 23 heavy (non-hydrogen) atoms. The third-order valence-corrected chi connectivity index (χ3v) is 3.61. The number of hydrogen-bond acceptors (Lipinski definition) is 4. The molecule has 0 aromatic heterocycles. The van der Waals surface area contributed by atoms with Gasteiger partial charge in [0.2, 0.25) is 11.8 Å². The van der Waals surface area contributed by atoms with Crippen LogP contribution in [0.15, 0.2) is 24.3 Å². The zero-order chi connectivity index (χ0) is 16.5. The van der Waals surface area contributed by atoms with E-state index in [1.807, 2.05) is 6.92 Å². The average molecular weight is 320 g/mol. The van der Waals surface area contributed by atoms with Crippen LogP contribution in [0.4, 0.5) is 5.69 Å². The monoisotopic (exact) mass is 320 g/mol. The molecule has 6 nitrogen and oxygen atoms in total. The van der Waals surface area contributed by atoms with Gasteiger partial charge >= 0.3 is 0 Å². The fraction of sp³-hybridized carbons (Fsp3) is 0.529. The number of benzene rings is 1. The highest BCUT2D eigenvalue weighted by Crippen LogP contribution is 2.17. The Morgan fingerprint density at radius 1 is 1.26 bits per heavy atom. The lowest BCUT2D eigenvalue weighted by Gasteiger charge is -2.10. The number of hydrogen-bond donors (Lipinski definition) is 2. The van der Waals surface area contributed by atoms with Gasteiger partial charge in [-0.2, -0.15) is 0 Å². The zero-order valence-corrected chi connectivity index (χ0v) is 13.5. The maximum Gasteiger partial charge on any atom is 0.243 e. The molecule has 1 atom stereocenters. The van der Waals surface area contributed by atoms with Crippen molar-refractivity contribution in [3.63, 3.8) is 0 Å². The van der Waals surface area contributed by atoms with Gasteiger partial charge < -0.3 is 20.1 Å². The van der Waals surface area contributed by atoms with Gasteiger partial charge in [-0.3, -0.25) is 9.59 Å². The number of carbonyl (C=O) groups is 2. The summed E-state index contributed by atoms with van der Waals surface area (Å²) < 4.78 is 10.8. The predicted octanol–water partition coefficient (Wildman–Crippen LogP) is 2.10. The van der Waals surface area contributed by atoms with Crippen molar-refractivity contribution in [2.45, 2.75) is 38.7 Å². The molecule has 126 valence electrons. The highest BCUT2D eigenvalue weighted by Gasteiger charge is 2.16. The van der Waals surface area contributed by atoms with Crippen LogP contribution in [0, 0.1) is 0 Å². The lowest BCUT2D eigenvalue weighted by atomic mass is 10.1. The molecule has 0 spiro atoms. The van der Waals surface area contributed by atoms with Crippen molar-refractivity contribution in [2.24, 2.45) is 0 Å². The van der Waals surface area contributed by atoms with E-state index in [9.17, 15) is 9.59 Å². The van der Waals surface area contributed by atoms with E-state index in [1.54, 1.807) is 24.3 Å². The Bertz CT molecular complexity index is 510. The van der Waals surface area contributed by atoms with E-state index in [4.69, 9.17) is 9.47 Å². The van der Waals surface area contributed by atoms with Crippen LogP contribution >= 0.6 is 0 Å². The van der Waals surface area contributed by atoms with Crippen LogP contribution in [-0.2, 0) is 14.3 Å². The lowest BCUT2D eigenvalue weighted by Crippen LogP contribution is -2.33. The molecule has 1 aromatic carbocycles. The van der Waals surface area contributed by atoms with E-state index in [-0.39, 0.29) is 24.5 Å². The second-order valence-corrected chi connectivity index (χ2v) is 5.46. The lowest BCUT2D eigenvalue weighted by molar-refractivity contribution is -0.124. The summed E-state index contributed by atoms with van der Waals surface area (Å²) in [6.45, 7) is 3.27. The zero-order valence-electron chi connectivity index (χ0n) is 13.5. The molecular weight excluding hydrogens is 296 g/mol. The van der Waals surface area contributed by atoms with Crippen molar-refractivity contribution in [3.8, 4) is 5.75 Å². The molecule has 2 amide bonds. The first-order valence-electron chi connectivity index (χ1n) is 8.08. The van der Waals surface area contributed by atoms with Crippen LogP contribution in [0.25, 0.3) is 0 Å². The number of rotatable bonds is 8. The molecule has 1 aliphatic heterocycles. The fourth-order valence-corrected chi connectivity index (χ4v) is 2.44. The Balaban J connectivity index is 1.64. The van der Waals surface area contributed by atoms with E-state index in [0.29, 0.717) is 25.1 Å². The summed E-state index contributed by atoms with van der Waals surface area (Å²) in [4.78, 5) is 23.5. The number of nitrogens with one attached hydrogen (secondary N) is 2. The Morgan fingerprint density at radius 3 is 2.70 bits per heavy atom. The molecule has 1 aromatic rings. The molecule has 1 fully saturated rings. The summed E-state index contributed by atoms with van der Waals surface area (Å²) >= 11 is 0. The van der Waals surface area contributed by atoms with Gasteiger partial charge in [0.25, 0.3) is 0 Å². The Kier molecular flexibility index (Phi) is 6.87. The molecule has 2 N–H and O–H groups in total. The van der Waals surface area contributed by atoms with Crippen LogP contribution in [0.5, 0.6) is 5.75 Å². The molecule has 1 aliphatic rings. The maximum atomic E-state index is 11.8. The molecule has 1 saturated heterocycles. The van der Waals surface area contributed by atoms with Gasteiger partial charge in [0.1, 0.15) is 5.75 Å². The highest BCUT2D eigenvalue weighted by molar-refractivity contribution is 5.94. The summed E-state index contributed by atoms with van der Waals surface area (Å²) in [6, 6.07) is 7.11. The van der Waals surface area contributed by atoms with Gasteiger partial charge in [0.15, 0.2) is 0 Å². The van der Waals surface area contributed by atoms with Crippen molar-refractivity contribution in [2.75, 3.05) is 25.1 Å². The quantitative estimate of drug-likeness (QED) is 0.769. The molecule has 6 heteroatoms. The van der Waals surface area contributed by atoms with Gasteiger partial charge in [-0.05, 0) is 50.5 Å². The summed E-state index contributed by atoms with van der Waals surface area (Å²) in [7, 11) is 0. The van der Waals surface area contributed by atoms with E-state index >= 15 is 0 Å². The average Bonchev–Trinajstić information content (AvgIpc) is 3.06. The Hall–Kier alpha value is -2.08. The van der Waals surface area contributed by atoms with Crippen molar-refractivity contribution in [1.29, 1.82) is 0 Å². The Morgan fingerprint density at radius 2 is 2.04 bits per heavy atom. The smallest absolute Gasteiger partial charge is 0.243 e. The van der Waals surface area contributed by atoms with Gasteiger partial charge in [0, 0.05) is 18.7 Å². The van der Waals surface area contributed by atoms with Crippen molar-refractivity contribution >= 4 is 17.5 Å². The molecule has 0 saturated carbocycles. The van der Waals surface area contributed by atoms with E-state index in [2.05, 4.69) is 10.6 Å². The normalized spacial score (nSPS) is 16.8. The molecule has 0 bridgehead atoms. The predicted molar refractivity (Wildman–Crippen MR) is 87.5 cm³/mol. The van der Waals surface area contributed by atoms with E-state index < -0.39 is 0 Å². The minimum atomic E-state index is -0.250. The molecular formula is C17H24N2O4. The topological polar surface area (TPSA) is 76.7 Å². The number of carbonyl (C=O) groups excluding carboxylic acids is 2. The first-order valence-corrected chi connectivity index (χ1v) is 8.08. The SMILES string of the molecule is CCOc1ccc(NC(=O)CNC(=O)CC[C@@H]2CCCO2)cc1. The maximum absolute atomic E-state index is 11.8. The van der Waals surface area contributed by atoms with Crippen molar-refractivity contribution < 1.29 is 19.1 Å². The molecule has 0 unspecified atom stereocenters. The van der Waals surface area contributed by atoms with Crippen molar-refractivity contribution in [3.05, 3.63) is 24.3 Å². The number of anilines is 1. The van der Waals surface area contributed by atoms with Gasteiger partial charge in [0.05, 0.1) is 19.3 Å². The third-order valence-electron chi connectivity index (χ3n) is 3.61. The van der Waals surface area contributed by atoms with Crippen LogP contribution in [0.3, 0.4) is 0 Å². The minimum Gasteiger partial charge on any atom is -0.494 e. The summed E-state index contributed by atoms with van der Waals surface area (Å²) in [6.07, 6.45) is 3.38. The second kappa shape index (κ2) is 9.15. The molecule has 0 aliphatic carbocycles. The van der Waals surface area contributed by atoms with Crippen LogP contribution in [-0.4, -0.2) is 37.7 Å². The number of amides is 2. The molecule has 2 rings (SSSR count). The summed E-state index contributed by atoms with van der Waals surface area (Å²) in [5.74, 6) is 0.384. The van der Waals surface area contributed by atoms with E-state index in [0.717, 1.165) is 25.2 Å². The van der Waals surface area contributed by atoms with Crippen LogP contribution in [0.1, 0.15) is 32.6 Å². The standard InChI is InChI=1S/C17H24N2O4/c1-2-22-15-7-5-13(6-8-15)19-17(21)12-18-16(20)10-9-14-4-3-11-23-14/h5-8,14H,2-4,9-12H2,1H3,(H,18,20)(H,19,21)/t14-/m0/s1. The van der Waals surface area contributed by atoms with Gasteiger partial charge in [-0.25, -0.2) is 0 Å². The van der Waals surface area contributed by atoms with Gasteiger partial charge in [-0.1, -0.05) is 0 Å². The van der Waals surface area contributed by atoms with Gasteiger partial charge in [-0.15, -0.1) is 0 Å². The summed E-state index contributed by atoms with van der Waals surface area (Å²) in [5, 5.41) is 5.36. The summed E-state index contributed by atoms with van der Waals surface area (Å²) in [5.41, 5.74) is 0.673. The largest absolute Gasteiger partial charge is 0.494 e. The Labute approximate surface area is 136 Å². The molecule has 0 radical (unpaired) electrons. The third kappa shape index (κ3) is 6.28. The molecule has 1 heterocycles. The highest BCUT2D eigenvalue weighted by atomic mass is 16.5. The minimum absolute atomic E-state index is 0.0302. The van der Waals surface area contributed by atoms with Crippen LogP contribution < -0.4 is 15.4 Å². The first kappa shape index (κ1) is 17.3.